The van der Waals surface area contributed by atoms with Gasteiger partial charge in [-0.3, -0.25) is 4.79 Å². The van der Waals surface area contributed by atoms with Gasteiger partial charge in [-0.2, -0.15) is 5.10 Å². The van der Waals surface area contributed by atoms with Crippen LogP contribution < -0.4 is 10.9 Å². The fourth-order valence-electron chi connectivity index (χ4n) is 2.70. The zero-order chi connectivity index (χ0) is 13.9. The Morgan fingerprint density at radius 3 is 2.75 bits per heavy atom. The molecule has 3 rings (SSSR count). The third-order valence-electron chi connectivity index (χ3n) is 4.22. The first-order chi connectivity index (χ1) is 9.74. The molecular formula is C14H20BrN3O2. The minimum Gasteiger partial charge on any atom is -0.381 e. The normalized spacial score (nSPS) is 20.6. The summed E-state index contributed by atoms with van der Waals surface area (Å²) in [6.07, 6.45) is 7.32. The number of nitrogens with zero attached hydrogens (tertiary/aromatic N) is 2. The number of hydrogen-bond acceptors (Lipinski definition) is 4. The summed E-state index contributed by atoms with van der Waals surface area (Å²) in [5, 5.41) is 7.61. The number of anilines is 1. The van der Waals surface area contributed by atoms with Gasteiger partial charge in [0.1, 0.15) is 5.69 Å². The van der Waals surface area contributed by atoms with Gasteiger partial charge >= 0.3 is 0 Å². The van der Waals surface area contributed by atoms with E-state index < -0.39 is 0 Å². The van der Waals surface area contributed by atoms with E-state index in [2.05, 4.69) is 26.3 Å². The highest BCUT2D eigenvalue weighted by molar-refractivity contribution is 9.10. The van der Waals surface area contributed by atoms with E-state index in [1.807, 2.05) is 0 Å². The fraction of sp³-hybridized carbons (Fsp3) is 0.714. The van der Waals surface area contributed by atoms with E-state index in [4.69, 9.17) is 4.74 Å². The van der Waals surface area contributed by atoms with Crippen molar-refractivity contribution in [3.63, 3.8) is 0 Å². The largest absolute Gasteiger partial charge is 0.381 e. The first-order valence-electron chi connectivity index (χ1n) is 7.34. The minimum atomic E-state index is -0.0160. The monoisotopic (exact) mass is 341 g/mol. The Kier molecular flexibility index (Phi) is 4.41. The predicted molar refractivity (Wildman–Crippen MR) is 81.0 cm³/mol. The van der Waals surface area contributed by atoms with Gasteiger partial charge in [-0.1, -0.05) is 6.42 Å². The molecule has 0 bridgehead atoms. The standard InChI is InChI=1S/C14H20BrN3O2/c15-12-8-16-18(9-10-2-1-3-10)14(19)13(12)17-11-4-6-20-7-5-11/h8,10-11,17H,1-7,9H2. The molecule has 0 aromatic carbocycles. The van der Waals surface area contributed by atoms with Crippen molar-refractivity contribution in [1.29, 1.82) is 0 Å². The molecule has 1 aliphatic carbocycles. The van der Waals surface area contributed by atoms with E-state index in [0.717, 1.165) is 37.1 Å². The Bertz CT molecular complexity index is 522. The molecule has 0 spiro atoms. The first kappa shape index (κ1) is 14.1. The van der Waals surface area contributed by atoms with Crippen molar-refractivity contribution >= 4 is 21.6 Å². The van der Waals surface area contributed by atoms with Crippen LogP contribution in [0.15, 0.2) is 15.5 Å². The van der Waals surface area contributed by atoms with Gasteiger partial charge in [0.2, 0.25) is 0 Å². The van der Waals surface area contributed by atoms with Crippen LogP contribution in [-0.2, 0) is 11.3 Å². The molecule has 1 N–H and O–H groups in total. The number of aromatic nitrogens is 2. The summed E-state index contributed by atoms with van der Waals surface area (Å²) >= 11 is 3.44. The Labute approximate surface area is 126 Å². The summed E-state index contributed by atoms with van der Waals surface area (Å²) in [7, 11) is 0. The molecule has 1 aliphatic heterocycles. The van der Waals surface area contributed by atoms with E-state index in [0.29, 0.717) is 17.6 Å². The Morgan fingerprint density at radius 2 is 2.10 bits per heavy atom. The molecule has 0 atom stereocenters. The lowest BCUT2D eigenvalue weighted by Crippen LogP contribution is -2.35. The quantitative estimate of drug-likeness (QED) is 0.913. The van der Waals surface area contributed by atoms with E-state index in [-0.39, 0.29) is 5.56 Å². The van der Waals surface area contributed by atoms with Crippen molar-refractivity contribution in [2.45, 2.75) is 44.7 Å². The zero-order valence-corrected chi connectivity index (χ0v) is 13.1. The van der Waals surface area contributed by atoms with E-state index in [1.54, 1.807) is 10.9 Å². The summed E-state index contributed by atoms with van der Waals surface area (Å²) in [6, 6.07) is 0.312. The Hall–Kier alpha value is -0.880. The first-order valence-corrected chi connectivity index (χ1v) is 8.13. The smallest absolute Gasteiger partial charge is 0.291 e. The number of hydrogen-bond donors (Lipinski definition) is 1. The lowest BCUT2D eigenvalue weighted by molar-refractivity contribution is 0.0904. The highest BCUT2D eigenvalue weighted by atomic mass is 79.9. The molecule has 2 heterocycles. The van der Waals surface area contributed by atoms with Crippen LogP contribution in [-0.4, -0.2) is 29.0 Å². The third-order valence-corrected chi connectivity index (χ3v) is 4.82. The lowest BCUT2D eigenvalue weighted by Gasteiger charge is -2.27. The van der Waals surface area contributed by atoms with Crippen molar-refractivity contribution in [2.24, 2.45) is 5.92 Å². The topological polar surface area (TPSA) is 56.1 Å². The van der Waals surface area contributed by atoms with Crippen molar-refractivity contribution < 1.29 is 4.74 Å². The maximum Gasteiger partial charge on any atom is 0.291 e. The van der Waals surface area contributed by atoms with Crippen molar-refractivity contribution in [3.05, 3.63) is 21.0 Å². The predicted octanol–water partition coefficient (Wildman–Crippen LogP) is 2.40. The average Bonchev–Trinajstić information content (AvgIpc) is 2.42. The molecule has 2 aliphatic rings. The zero-order valence-electron chi connectivity index (χ0n) is 11.5. The maximum atomic E-state index is 12.5. The molecule has 0 radical (unpaired) electrons. The number of halogens is 1. The van der Waals surface area contributed by atoms with Crippen LogP contribution in [0.25, 0.3) is 0 Å². The maximum absolute atomic E-state index is 12.5. The Balaban J connectivity index is 1.77. The van der Waals surface area contributed by atoms with Crippen LogP contribution in [0.4, 0.5) is 5.69 Å². The third kappa shape index (κ3) is 3.06. The SMILES string of the molecule is O=c1c(NC2CCOCC2)c(Br)cnn1CC1CCC1. The van der Waals surface area contributed by atoms with Crippen LogP contribution in [0.2, 0.25) is 0 Å². The van der Waals surface area contributed by atoms with Gasteiger partial charge in [0.15, 0.2) is 0 Å². The van der Waals surface area contributed by atoms with E-state index in [1.165, 1.54) is 19.3 Å². The molecule has 1 saturated heterocycles. The number of ether oxygens (including phenoxy) is 1. The molecule has 5 nitrogen and oxygen atoms in total. The van der Waals surface area contributed by atoms with Gasteiger partial charge in [0.25, 0.3) is 5.56 Å². The minimum absolute atomic E-state index is 0.0160. The molecule has 2 fully saturated rings. The molecule has 20 heavy (non-hydrogen) atoms. The van der Waals surface area contributed by atoms with E-state index in [9.17, 15) is 4.79 Å². The van der Waals surface area contributed by atoms with Gasteiger partial charge in [-0.25, -0.2) is 4.68 Å². The van der Waals surface area contributed by atoms with Gasteiger partial charge in [-0.05, 0) is 47.5 Å². The van der Waals surface area contributed by atoms with Crippen LogP contribution in [0.5, 0.6) is 0 Å². The summed E-state index contributed by atoms with van der Waals surface area (Å²) in [6.45, 7) is 2.27. The fourth-order valence-corrected chi connectivity index (χ4v) is 3.07. The highest BCUT2D eigenvalue weighted by Crippen LogP contribution is 2.27. The van der Waals surface area contributed by atoms with Crippen LogP contribution >= 0.6 is 15.9 Å². The van der Waals surface area contributed by atoms with Crippen molar-refractivity contribution in [1.82, 2.24) is 9.78 Å². The average molecular weight is 342 g/mol. The van der Waals surface area contributed by atoms with Gasteiger partial charge in [0.05, 0.1) is 10.7 Å². The Morgan fingerprint density at radius 1 is 1.35 bits per heavy atom. The highest BCUT2D eigenvalue weighted by Gasteiger charge is 2.21. The summed E-state index contributed by atoms with van der Waals surface area (Å²) < 4.78 is 7.71. The number of rotatable bonds is 4. The molecule has 6 heteroatoms. The molecule has 1 aromatic heterocycles. The van der Waals surface area contributed by atoms with Crippen LogP contribution in [0.3, 0.4) is 0 Å². The van der Waals surface area contributed by atoms with Crippen LogP contribution in [0, 0.1) is 5.92 Å². The molecule has 0 amide bonds. The second-order valence-corrected chi connectivity index (χ2v) is 6.54. The second-order valence-electron chi connectivity index (χ2n) is 5.68. The molecule has 110 valence electrons. The molecule has 1 saturated carbocycles. The van der Waals surface area contributed by atoms with E-state index >= 15 is 0 Å². The molecule has 0 unspecified atom stereocenters. The summed E-state index contributed by atoms with van der Waals surface area (Å²) in [4.78, 5) is 12.5. The van der Waals surface area contributed by atoms with Gasteiger partial charge in [-0.15, -0.1) is 0 Å². The van der Waals surface area contributed by atoms with Gasteiger partial charge < -0.3 is 10.1 Å². The number of nitrogens with one attached hydrogen (secondary N) is 1. The molecule has 1 aromatic rings. The van der Waals surface area contributed by atoms with Crippen LogP contribution in [0.1, 0.15) is 32.1 Å². The van der Waals surface area contributed by atoms with Gasteiger partial charge in [0, 0.05) is 25.8 Å². The second kappa shape index (κ2) is 6.26. The summed E-state index contributed by atoms with van der Waals surface area (Å²) in [5.41, 5.74) is 0.629. The molecular weight excluding hydrogens is 322 g/mol. The summed E-state index contributed by atoms with van der Waals surface area (Å²) in [5.74, 6) is 0.623. The lowest BCUT2D eigenvalue weighted by atomic mass is 9.85. The van der Waals surface area contributed by atoms with Crippen molar-refractivity contribution in [3.8, 4) is 0 Å². The van der Waals surface area contributed by atoms with Crippen molar-refractivity contribution in [2.75, 3.05) is 18.5 Å².